The second-order valence-corrected chi connectivity index (χ2v) is 3.13. The summed E-state index contributed by atoms with van der Waals surface area (Å²) in [5.74, 6) is -0.934. The summed E-state index contributed by atoms with van der Waals surface area (Å²) in [4.78, 5) is 15.0. The van der Waals surface area contributed by atoms with Crippen molar-refractivity contribution in [3.8, 4) is 5.88 Å². The van der Waals surface area contributed by atoms with Crippen LogP contribution in [0.3, 0.4) is 0 Å². The maximum absolute atomic E-state index is 10.8. The van der Waals surface area contributed by atoms with E-state index in [9.17, 15) is 4.79 Å². The topological polar surface area (TPSA) is 71.5 Å². The first-order valence-electron chi connectivity index (χ1n) is 3.58. The van der Waals surface area contributed by atoms with Gasteiger partial charge in [-0.1, -0.05) is 0 Å². The van der Waals surface area contributed by atoms with Gasteiger partial charge in [-0.2, -0.15) is 0 Å². The summed E-state index contributed by atoms with van der Waals surface area (Å²) >= 11 is 4.09. The number of anilines is 1. The maximum atomic E-state index is 10.8. The fourth-order valence-electron chi connectivity index (χ4n) is 0.909. The highest BCUT2D eigenvalue weighted by Gasteiger charge is 2.15. The lowest BCUT2D eigenvalue weighted by molar-refractivity contribution is 0.0690. The molecule has 0 aliphatic carbocycles. The van der Waals surface area contributed by atoms with Crippen molar-refractivity contribution >= 4 is 33.7 Å². The summed E-state index contributed by atoms with van der Waals surface area (Å²) in [5, 5.41) is 11.5. The van der Waals surface area contributed by atoms with Crippen molar-refractivity contribution < 1.29 is 14.6 Å². The number of pyridine rings is 1. The number of methoxy groups -OCH3 is 1. The quantitative estimate of drug-likeness (QED) is 0.541. The molecule has 0 bridgehead atoms. The Morgan fingerprint density at radius 2 is 2.43 bits per heavy atom. The number of hydrogen-bond acceptors (Lipinski definition) is 5. The van der Waals surface area contributed by atoms with Crippen LogP contribution in [0.1, 0.15) is 10.5 Å². The molecule has 14 heavy (non-hydrogen) atoms. The fraction of sp³-hybridized carbons (Fsp3) is 0.143. The average molecular weight is 232 g/mol. The highest BCUT2D eigenvalue weighted by molar-refractivity contribution is 7.80. The zero-order chi connectivity index (χ0) is 10.7. The molecule has 7 heteroatoms. The number of ether oxygens (including phenoxy) is 1. The van der Waals surface area contributed by atoms with Gasteiger partial charge >= 0.3 is 5.97 Å². The highest BCUT2D eigenvalue weighted by Crippen LogP contribution is 2.26. The van der Waals surface area contributed by atoms with Crippen molar-refractivity contribution in [1.82, 2.24) is 4.98 Å². The number of thiol groups is 1. The number of aromatic nitrogens is 1. The van der Waals surface area contributed by atoms with Gasteiger partial charge in [0.15, 0.2) is 5.69 Å². The molecule has 0 saturated heterocycles. The second kappa shape index (κ2) is 4.48. The molecule has 0 saturated carbocycles. The summed E-state index contributed by atoms with van der Waals surface area (Å²) < 4.78 is 4.85. The number of nitrogens with zero attached hydrogens (tertiary/aromatic N) is 1. The van der Waals surface area contributed by atoms with E-state index in [0.29, 0.717) is 10.6 Å². The summed E-state index contributed by atoms with van der Waals surface area (Å²) in [7, 11) is 3.60. The number of carbonyl (C=O) groups is 1. The predicted molar refractivity (Wildman–Crippen MR) is 58.3 cm³/mol. The molecule has 1 heterocycles. The van der Waals surface area contributed by atoms with Crippen molar-refractivity contribution in [2.45, 2.75) is 4.90 Å². The molecule has 5 nitrogen and oxygen atoms in total. The van der Waals surface area contributed by atoms with E-state index in [-0.39, 0.29) is 11.6 Å². The van der Waals surface area contributed by atoms with Crippen molar-refractivity contribution in [2.24, 2.45) is 0 Å². The summed E-state index contributed by atoms with van der Waals surface area (Å²) in [6.07, 6.45) is 0. The third-order valence-corrected chi connectivity index (χ3v) is 2.15. The summed E-state index contributed by atoms with van der Waals surface area (Å²) in [5.41, 5.74) is 0.267. The van der Waals surface area contributed by atoms with Gasteiger partial charge in [-0.05, 0) is 15.5 Å². The van der Waals surface area contributed by atoms with E-state index in [1.165, 1.54) is 13.2 Å². The van der Waals surface area contributed by atoms with Gasteiger partial charge in [-0.15, -0.1) is 12.6 Å². The molecule has 0 aliphatic rings. The van der Waals surface area contributed by atoms with Crippen LogP contribution in [0.4, 0.5) is 5.69 Å². The van der Waals surface area contributed by atoms with Crippen LogP contribution in [0.15, 0.2) is 11.0 Å². The van der Waals surface area contributed by atoms with Crippen LogP contribution < -0.4 is 9.82 Å². The predicted octanol–water partition coefficient (Wildman–Crippen LogP) is 1.28. The van der Waals surface area contributed by atoms with Crippen LogP contribution in [0, 0.1) is 0 Å². The van der Waals surface area contributed by atoms with Crippen LogP contribution in [0.5, 0.6) is 5.88 Å². The van der Waals surface area contributed by atoms with Gasteiger partial charge in [-0.25, -0.2) is 9.78 Å². The van der Waals surface area contributed by atoms with E-state index in [1.54, 1.807) is 0 Å². The normalized spacial score (nSPS) is 9.64. The number of carboxylic acid groups (broad SMARTS) is 1. The van der Waals surface area contributed by atoms with E-state index >= 15 is 0 Å². The minimum Gasteiger partial charge on any atom is -0.480 e. The number of nitrogens with one attached hydrogen (secondary N) is 1. The van der Waals surface area contributed by atoms with Gasteiger partial charge in [0.05, 0.1) is 17.7 Å². The Kier molecular flexibility index (Phi) is 3.55. The molecule has 76 valence electrons. The van der Waals surface area contributed by atoms with E-state index < -0.39 is 5.97 Å². The Morgan fingerprint density at radius 3 is 2.86 bits per heavy atom. The fourth-order valence-corrected chi connectivity index (χ4v) is 1.40. The first kappa shape index (κ1) is 11.1. The van der Waals surface area contributed by atoms with Gasteiger partial charge in [-0.3, -0.25) is 0 Å². The molecule has 1 atom stereocenters. The zero-order valence-electron chi connectivity index (χ0n) is 7.31. The largest absolute Gasteiger partial charge is 0.480 e. The van der Waals surface area contributed by atoms with Crippen LogP contribution >= 0.6 is 22.0 Å². The standard InChI is InChI=1S/C7H9N2O3PS/c1-12-6-4(14)2-3(9-13)5(8-6)7(10)11/h2,9,14H,13H2,1H3,(H,10,11). The lowest BCUT2D eigenvalue weighted by Crippen LogP contribution is -2.05. The van der Waals surface area contributed by atoms with Gasteiger partial charge < -0.3 is 14.9 Å². The molecule has 0 amide bonds. The van der Waals surface area contributed by atoms with E-state index in [0.717, 1.165) is 0 Å². The van der Waals surface area contributed by atoms with Crippen LogP contribution in [-0.4, -0.2) is 23.2 Å². The van der Waals surface area contributed by atoms with Crippen molar-refractivity contribution in [1.29, 1.82) is 0 Å². The van der Waals surface area contributed by atoms with E-state index in [1.807, 2.05) is 0 Å². The zero-order valence-corrected chi connectivity index (χ0v) is 9.36. The lowest BCUT2D eigenvalue weighted by atomic mass is 10.3. The van der Waals surface area contributed by atoms with Gasteiger partial charge in [0.2, 0.25) is 5.88 Å². The molecular formula is C7H9N2O3PS. The van der Waals surface area contributed by atoms with Crippen LogP contribution in [-0.2, 0) is 0 Å². The van der Waals surface area contributed by atoms with E-state index in [4.69, 9.17) is 9.84 Å². The number of aromatic carboxylic acids is 1. The number of hydrogen-bond donors (Lipinski definition) is 3. The third-order valence-electron chi connectivity index (χ3n) is 1.52. The van der Waals surface area contributed by atoms with Gasteiger partial charge in [0.1, 0.15) is 0 Å². The molecule has 1 aromatic rings. The molecule has 0 aromatic carbocycles. The lowest BCUT2D eigenvalue weighted by Gasteiger charge is -2.08. The number of carboxylic acids is 1. The third kappa shape index (κ3) is 2.08. The Morgan fingerprint density at radius 1 is 1.79 bits per heavy atom. The maximum Gasteiger partial charge on any atom is 0.356 e. The SMILES string of the molecule is COc1nc(C(=O)O)c(NP)cc1S. The smallest absolute Gasteiger partial charge is 0.356 e. The van der Waals surface area contributed by atoms with Gasteiger partial charge in [0.25, 0.3) is 0 Å². The molecule has 0 radical (unpaired) electrons. The molecule has 1 unspecified atom stereocenters. The molecule has 0 spiro atoms. The van der Waals surface area contributed by atoms with E-state index in [2.05, 4.69) is 32.1 Å². The van der Waals surface area contributed by atoms with Crippen molar-refractivity contribution in [2.75, 3.05) is 12.2 Å². The molecular weight excluding hydrogens is 223 g/mol. The Hall–Kier alpha value is -1.000. The monoisotopic (exact) mass is 232 g/mol. The van der Waals surface area contributed by atoms with Gasteiger partial charge in [0, 0.05) is 0 Å². The molecule has 2 N–H and O–H groups in total. The highest BCUT2D eigenvalue weighted by atomic mass is 32.1. The summed E-state index contributed by atoms with van der Waals surface area (Å²) in [6, 6.07) is 1.53. The summed E-state index contributed by atoms with van der Waals surface area (Å²) in [6.45, 7) is 0. The van der Waals surface area contributed by atoms with Crippen molar-refractivity contribution in [3.05, 3.63) is 11.8 Å². The molecule has 0 fully saturated rings. The minimum atomic E-state index is -1.12. The number of rotatable bonds is 3. The second-order valence-electron chi connectivity index (χ2n) is 2.36. The first-order valence-corrected chi connectivity index (χ1v) is 4.60. The molecule has 0 aliphatic heterocycles. The average Bonchev–Trinajstić information content (AvgIpc) is 2.16. The Bertz CT molecular complexity index is 372. The minimum absolute atomic E-state index is 0.102. The Labute approximate surface area is 88.5 Å². The Balaban J connectivity index is 3.32. The molecule has 1 rings (SSSR count). The van der Waals surface area contributed by atoms with Crippen LogP contribution in [0.2, 0.25) is 0 Å². The first-order chi connectivity index (χ1) is 6.60. The molecule has 1 aromatic heterocycles. The van der Waals surface area contributed by atoms with Crippen LogP contribution in [0.25, 0.3) is 0 Å². The van der Waals surface area contributed by atoms with Crippen molar-refractivity contribution in [3.63, 3.8) is 0 Å².